The van der Waals surface area contributed by atoms with E-state index >= 15 is 4.39 Å². The second-order valence-electron chi connectivity index (χ2n) is 9.58. The number of rotatable bonds is 15. The highest BCUT2D eigenvalue weighted by molar-refractivity contribution is 6.31. The molecule has 0 spiro atoms. The molecule has 186 valence electrons. The minimum absolute atomic E-state index is 0.0639. The van der Waals surface area contributed by atoms with Crippen molar-refractivity contribution in [2.24, 2.45) is 0 Å². The molecule has 0 radical (unpaired) electrons. The Kier molecular flexibility index (Phi) is 11.2. The normalized spacial score (nSPS) is 13.5. The number of aryl methyl sites for hydroxylation is 1. The van der Waals surface area contributed by atoms with E-state index in [1.165, 1.54) is 64.2 Å². The second kappa shape index (κ2) is 14.4. The van der Waals surface area contributed by atoms with E-state index in [1.54, 1.807) is 18.3 Å². The first-order valence-corrected chi connectivity index (χ1v) is 13.7. The van der Waals surface area contributed by atoms with Crippen molar-refractivity contribution < 1.29 is 4.39 Å². The third kappa shape index (κ3) is 7.22. The lowest BCUT2D eigenvalue weighted by molar-refractivity contribution is 0.514. The van der Waals surface area contributed by atoms with Crippen LogP contribution in [0.5, 0.6) is 0 Å². The number of benzene rings is 1. The van der Waals surface area contributed by atoms with Crippen molar-refractivity contribution in [1.29, 1.82) is 5.26 Å². The average Bonchev–Trinajstić information content (AvgIpc) is 3.53. The van der Waals surface area contributed by atoms with Crippen LogP contribution in [0.3, 0.4) is 0 Å². The van der Waals surface area contributed by atoms with E-state index in [9.17, 15) is 5.26 Å². The Morgan fingerprint density at radius 3 is 2.15 bits per heavy atom. The predicted molar refractivity (Wildman–Crippen MR) is 140 cm³/mol. The Morgan fingerprint density at radius 2 is 1.56 bits per heavy atom. The van der Waals surface area contributed by atoms with Crippen LogP contribution in [0.1, 0.15) is 102 Å². The van der Waals surface area contributed by atoms with Gasteiger partial charge < -0.3 is 4.90 Å². The van der Waals surface area contributed by atoms with Crippen molar-refractivity contribution in [2.75, 3.05) is 18.0 Å². The van der Waals surface area contributed by atoms with Gasteiger partial charge in [-0.1, -0.05) is 89.2 Å². The van der Waals surface area contributed by atoms with Gasteiger partial charge in [-0.15, -0.1) is 0 Å². The van der Waals surface area contributed by atoms with Crippen molar-refractivity contribution in [2.45, 2.75) is 103 Å². The highest BCUT2D eigenvalue weighted by Crippen LogP contribution is 2.38. The Labute approximate surface area is 210 Å². The Hall–Kier alpha value is -2.06. The number of nitriles is 1. The van der Waals surface area contributed by atoms with Gasteiger partial charge in [-0.05, 0) is 31.4 Å². The molecule has 6 heteroatoms. The van der Waals surface area contributed by atoms with E-state index in [4.69, 9.17) is 11.6 Å². The van der Waals surface area contributed by atoms with Crippen LogP contribution >= 0.6 is 11.6 Å². The smallest absolute Gasteiger partial charge is 0.152 e. The summed E-state index contributed by atoms with van der Waals surface area (Å²) >= 11 is 6.28. The predicted octanol–water partition coefficient (Wildman–Crippen LogP) is 8.52. The zero-order chi connectivity index (χ0) is 24.2. The molecule has 0 bridgehead atoms. The van der Waals surface area contributed by atoms with Gasteiger partial charge in [0.25, 0.3) is 0 Å². The van der Waals surface area contributed by atoms with Crippen LogP contribution in [-0.2, 0) is 6.54 Å². The first-order valence-electron chi connectivity index (χ1n) is 13.4. The molecule has 3 rings (SSSR count). The summed E-state index contributed by atoms with van der Waals surface area (Å²) in [5.41, 5.74) is 2.02. The van der Waals surface area contributed by atoms with E-state index in [2.05, 4.69) is 23.0 Å². The maximum Gasteiger partial charge on any atom is 0.152 e. The van der Waals surface area contributed by atoms with Gasteiger partial charge in [-0.2, -0.15) is 10.4 Å². The molecule has 1 aromatic heterocycles. The summed E-state index contributed by atoms with van der Waals surface area (Å²) in [4.78, 5) is 2.14. The van der Waals surface area contributed by atoms with E-state index < -0.39 is 5.82 Å². The van der Waals surface area contributed by atoms with Crippen molar-refractivity contribution in [1.82, 2.24) is 9.78 Å². The third-order valence-electron chi connectivity index (χ3n) is 6.95. The number of anilines is 1. The van der Waals surface area contributed by atoms with Gasteiger partial charge in [0.2, 0.25) is 0 Å². The molecule has 4 nitrogen and oxygen atoms in total. The van der Waals surface area contributed by atoms with Gasteiger partial charge >= 0.3 is 0 Å². The summed E-state index contributed by atoms with van der Waals surface area (Å²) in [5.74, 6) is -0.530. The van der Waals surface area contributed by atoms with E-state index in [0.717, 1.165) is 51.0 Å². The molecule has 0 amide bonds. The first kappa shape index (κ1) is 26.5. The van der Waals surface area contributed by atoms with Crippen LogP contribution in [0.2, 0.25) is 5.02 Å². The summed E-state index contributed by atoms with van der Waals surface area (Å²) < 4.78 is 17.0. The summed E-state index contributed by atoms with van der Waals surface area (Å²) in [6.07, 6.45) is 19.4. The molecule has 0 aliphatic carbocycles. The van der Waals surface area contributed by atoms with Gasteiger partial charge in [0, 0.05) is 25.8 Å². The lowest BCUT2D eigenvalue weighted by Crippen LogP contribution is -2.19. The third-order valence-corrected chi connectivity index (χ3v) is 7.23. The molecule has 34 heavy (non-hydrogen) atoms. The van der Waals surface area contributed by atoms with Gasteiger partial charge in [-0.25, -0.2) is 4.39 Å². The quantitative estimate of drug-likeness (QED) is 0.237. The van der Waals surface area contributed by atoms with Crippen molar-refractivity contribution >= 4 is 17.3 Å². The highest BCUT2D eigenvalue weighted by atomic mass is 35.5. The van der Waals surface area contributed by atoms with E-state index in [0.29, 0.717) is 11.3 Å². The standard InChI is InChI=1S/C28H40ClFN4/c1-2-3-4-5-6-7-8-9-10-11-12-13-20-34-25(16-17-32-34)27-23(22-31)26(21-24(29)28(27)30)33-18-14-15-19-33/h16-17,21H,2-15,18-20H2,1H3. The zero-order valence-electron chi connectivity index (χ0n) is 20.8. The van der Waals surface area contributed by atoms with Gasteiger partial charge in [0.1, 0.15) is 6.07 Å². The highest BCUT2D eigenvalue weighted by Gasteiger charge is 2.25. The number of unbranched alkanes of at least 4 members (excludes halogenated alkanes) is 11. The maximum absolute atomic E-state index is 15.2. The number of aromatic nitrogens is 2. The van der Waals surface area contributed by atoms with Crippen molar-refractivity contribution in [3.8, 4) is 17.3 Å². The summed E-state index contributed by atoms with van der Waals surface area (Å²) in [6, 6.07) is 5.66. The molecule has 1 fully saturated rings. The van der Waals surface area contributed by atoms with Crippen LogP contribution in [-0.4, -0.2) is 22.9 Å². The molecule has 0 saturated carbocycles. The molecule has 1 saturated heterocycles. The van der Waals surface area contributed by atoms with Gasteiger partial charge in [-0.3, -0.25) is 4.68 Å². The van der Waals surface area contributed by atoms with E-state index in [1.807, 2.05) is 4.68 Å². The molecule has 1 aliphatic heterocycles. The fourth-order valence-corrected chi connectivity index (χ4v) is 5.20. The van der Waals surface area contributed by atoms with Crippen LogP contribution < -0.4 is 4.90 Å². The molecular weight excluding hydrogens is 447 g/mol. The zero-order valence-corrected chi connectivity index (χ0v) is 21.6. The molecule has 2 heterocycles. The maximum atomic E-state index is 15.2. The molecule has 0 atom stereocenters. The van der Waals surface area contributed by atoms with Crippen LogP contribution in [0.4, 0.5) is 10.1 Å². The van der Waals surface area contributed by atoms with E-state index in [-0.39, 0.29) is 10.6 Å². The minimum Gasteiger partial charge on any atom is -0.370 e. The SMILES string of the molecule is CCCCCCCCCCCCCCn1nccc1-c1c(F)c(Cl)cc(N2CCCC2)c1C#N. The molecule has 2 aromatic rings. The van der Waals surface area contributed by atoms with Gasteiger partial charge in [0.05, 0.1) is 27.5 Å². The summed E-state index contributed by atoms with van der Waals surface area (Å²) in [5, 5.41) is 14.4. The first-order chi connectivity index (χ1) is 16.7. The Morgan fingerprint density at radius 1 is 0.971 bits per heavy atom. The Balaban J connectivity index is 1.52. The molecule has 1 aliphatic rings. The fourth-order valence-electron chi connectivity index (χ4n) is 5.00. The van der Waals surface area contributed by atoms with Crippen LogP contribution in [0, 0.1) is 17.1 Å². The fraction of sp³-hybridized carbons (Fsp3) is 0.643. The van der Waals surface area contributed by atoms with Crippen molar-refractivity contribution in [3.05, 3.63) is 34.7 Å². The lowest BCUT2D eigenvalue weighted by atomic mass is 10.0. The second-order valence-corrected chi connectivity index (χ2v) is 9.98. The summed E-state index contributed by atoms with van der Waals surface area (Å²) in [6.45, 7) is 4.72. The van der Waals surface area contributed by atoms with Crippen LogP contribution in [0.15, 0.2) is 18.3 Å². The minimum atomic E-state index is -0.530. The average molecular weight is 487 g/mol. The number of hydrogen-bond donors (Lipinski definition) is 0. The summed E-state index contributed by atoms with van der Waals surface area (Å²) in [7, 11) is 0. The lowest BCUT2D eigenvalue weighted by Gasteiger charge is -2.22. The number of halogens is 2. The molecule has 0 N–H and O–H groups in total. The topological polar surface area (TPSA) is 44.9 Å². The van der Waals surface area contributed by atoms with Gasteiger partial charge in [0.15, 0.2) is 5.82 Å². The number of hydrogen-bond acceptors (Lipinski definition) is 3. The van der Waals surface area contributed by atoms with Crippen LogP contribution in [0.25, 0.3) is 11.3 Å². The largest absolute Gasteiger partial charge is 0.370 e. The molecule has 1 aromatic carbocycles. The Bertz CT molecular complexity index is 927. The molecular formula is C28H40ClFN4. The number of nitrogens with zero attached hydrogens (tertiary/aromatic N) is 4. The van der Waals surface area contributed by atoms with Crippen molar-refractivity contribution in [3.63, 3.8) is 0 Å². The molecule has 0 unspecified atom stereocenters. The monoisotopic (exact) mass is 486 g/mol.